The number of nitrogens with one attached hydrogen (secondary N) is 2. The van der Waals surface area contributed by atoms with Gasteiger partial charge >= 0.3 is 10.2 Å². The molecule has 3 aromatic rings. The highest BCUT2D eigenvalue weighted by Gasteiger charge is 2.35. The first-order chi connectivity index (χ1) is 22.2. The second-order valence-corrected chi connectivity index (χ2v) is 14.6. The smallest absolute Gasteiger partial charge is 0.301 e. The van der Waals surface area contributed by atoms with Crippen molar-refractivity contribution in [2.45, 2.75) is 76.3 Å². The van der Waals surface area contributed by atoms with Crippen molar-refractivity contribution in [3.63, 3.8) is 0 Å². The van der Waals surface area contributed by atoms with E-state index in [-0.39, 0.29) is 23.4 Å². The summed E-state index contributed by atoms with van der Waals surface area (Å²) in [5.41, 5.74) is 6.07. The highest BCUT2D eigenvalue weighted by atomic mass is 32.2. The van der Waals surface area contributed by atoms with E-state index in [2.05, 4.69) is 26.1 Å². The molecule has 2 N–H and O–H groups in total. The summed E-state index contributed by atoms with van der Waals surface area (Å²) in [4.78, 5) is 43.6. The molecule has 1 aromatic heterocycles. The number of rotatable bonds is 6. The van der Waals surface area contributed by atoms with Gasteiger partial charge in [-0.1, -0.05) is 49.6 Å². The van der Waals surface area contributed by atoms with Gasteiger partial charge in [-0.05, 0) is 67.4 Å². The van der Waals surface area contributed by atoms with Gasteiger partial charge in [0, 0.05) is 66.7 Å². The predicted molar refractivity (Wildman–Crippen MR) is 177 cm³/mol. The van der Waals surface area contributed by atoms with E-state index in [4.69, 9.17) is 0 Å². The molecule has 11 heteroatoms. The van der Waals surface area contributed by atoms with Gasteiger partial charge in [-0.2, -0.15) is 8.42 Å². The van der Waals surface area contributed by atoms with Gasteiger partial charge in [0.25, 0.3) is 11.8 Å². The molecule has 3 aliphatic heterocycles. The Morgan fingerprint density at radius 2 is 1.67 bits per heavy atom. The van der Waals surface area contributed by atoms with E-state index in [0.717, 1.165) is 79.2 Å². The Kier molecular flexibility index (Phi) is 8.23. The summed E-state index contributed by atoms with van der Waals surface area (Å²) in [5, 5.41) is 1.04. The molecule has 3 fully saturated rings. The van der Waals surface area contributed by atoms with Gasteiger partial charge in [0.2, 0.25) is 5.91 Å². The molecule has 1 saturated carbocycles. The Morgan fingerprint density at radius 3 is 2.39 bits per heavy atom. The van der Waals surface area contributed by atoms with Gasteiger partial charge in [0.1, 0.15) is 0 Å². The van der Waals surface area contributed by atoms with E-state index >= 15 is 0 Å². The Labute approximate surface area is 270 Å². The number of carbonyl (C=O) groups is 3. The fraction of sp³-hybridized carbons (Fsp3) is 0.457. The fourth-order valence-corrected chi connectivity index (χ4v) is 8.48. The first-order valence-electron chi connectivity index (χ1n) is 16.5. The lowest BCUT2D eigenvalue weighted by Crippen LogP contribution is -2.47. The second kappa shape index (κ2) is 12.3. The highest BCUT2D eigenvalue weighted by Crippen LogP contribution is 2.46. The highest BCUT2D eigenvalue weighted by molar-refractivity contribution is 7.88. The quantitative estimate of drug-likeness (QED) is 0.408. The van der Waals surface area contributed by atoms with Crippen LogP contribution in [0, 0.1) is 0 Å². The molecule has 4 heterocycles. The van der Waals surface area contributed by atoms with E-state index in [1.807, 2.05) is 34.1 Å². The molecule has 1 aliphatic carbocycles. The number of likely N-dealkylation sites (tertiary alicyclic amines) is 2. The third kappa shape index (κ3) is 5.64. The summed E-state index contributed by atoms with van der Waals surface area (Å²) in [7, 11) is -2.73. The number of fused-ring (bicyclic) bond motifs is 5. The summed E-state index contributed by atoms with van der Waals surface area (Å²) in [6.45, 7) is 2.34. The van der Waals surface area contributed by atoms with Crippen LogP contribution in [0.25, 0.3) is 28.2 Å². The van der Waals surface area contributed by atoms with Gasteiger partial charge in [-0.3, -0.25) is 14.4 Å². The molecule has 46 heavy (non-hydrogen) atoms. The average molecular weight is 644 g/mol. The zero-order valence-corrected chi connectivity index (χ0v) is 27.1. The minimum atomic E-state index is -3.98. The molecule has 0 atom stereocenters. The summed E-state index contributed by atoms with van der Waals surface area (Å²) in [5.74, 6) is -0.158. The van der Waals surface area contributed by atoms with Crippen LogP contribution in [0.15, 0.2) is 48.0 Å². The normalized spacial score (nSPS) is 19.5. The van der Waals surface area contributed by atoms with E-state index in [1.165, 1.54) is 19.0 Å². The number of nitrogens with zero attached hydrogens (tertiary/aromatic N) is 3. The zero-order valence-electron chi connectivity index (χ0n) is 26.3. The van der Waals surface area contributed by atoms with Crippen LogP contribution in [-0.4, -0.2) is 73.2 Å². The van der Waals surface area contributed by atoms with Crippen molar-refractivity contribution in [3.05, 3.63) is 64.7 Å². The Bertz CT molecular complexity index is 1850. The number of piperidine rings is 1. The minimum Gasteiger partial charge on any atom is -0.340 e. The van der Waals surface area contributed by atoms with Crippen molar-refractivity contribution in [3.8, 4) is 11.3 Å². The van der Waals surface area contributed by atoms with Crippen molar-refractivity contribution in [1.82, 2.24) is 23.8 Å². The van der Waals surface area contributed by atoms with E-state index in [9.17, 15) is 22.8 Å². The average Bonchev–Trinajstić information content (AvgIpc) is 3.59. The molecule has 2 saturated heterocycles. The van der Waals surface area contributed by atoms with E-state index in [0.29, 0.717) is 37.5 Å². The molecule has 0 bridgehead atoms. The SMILES string of the molecule is CNS(=O)(=O)NC(=O)c1ccc2c(C3CCCCC3)c3n(c2c1)CC(C(=O)N1CCC(N2CCCC2=O)CC1)=Cc1ccccc1-3. The lowest BCUT2D eigenvalue weighted by molar-refractivity contribution is -0.132. The Hall–Kier alpha value is -3.96. The summed E-state index contributed by atoms with van der Waals surface area (Å²) >= 11 is 0. The molecule has 3 amide bonds. The number of aromatic nitrogens is 1. The third-order valence-corrected chi connectivity index (χ3v) is 11.3. The lowest BCUT2D eigenvalue weighted by atomic mass is 9.81. The van der Waals surface area contributed by atoms with E-state index in [1.54, 1.807) is 12.1 Å². The topological polar surface area (TPSA) is 121 Å². The molecule has 0 unspecified atom stereocenters. The molecule has 4 aliphatic rings. The van der Waals surface area contributed by atoms with Crippen LogP contribution >= 0.6 is 0 Å². The molecule has 7 rings (SSSR count). The van der Waals surface area contributed by atoms with Gasteiger partial charge in [0.15, 0.2) is 0 Å². The summed E-state index contributed by atoms with van der Waals surface area (Å²) in [6.07, 6.45) is 10.8. The van der Waals surface area contributed by atoms with Crippen LogP contribution in [0.3, 0.4) is 0 Å². The number of amides is 3. The largest absolute Gasteiger partial charge is 0.340 e. The van der Waals surface area contributed by atoms with Crippen molar-refractivity contribution in [2.75, 3.05) is 26.7 Å². The molecular weight excluding hydrogens is 602 g/mol. The first-order valence-corrected chi connectivity index (χ1v) is 18.0. The van der Waals surface area contributed by atoms with Crippen LogP contribution in [0.5, 0.6) is 0 Å². The van der Waals surface area contributed by atoms with Crippen molar-refractivity contribution in [2.24, 2.45) is 0 Å². The molecule has 2 aromatic carbocycles. The lowest BCUT2D eigenvalue weighted by Gasteiger charge is -2.37. The molecule has 0 spiro atoms. The van der Waals surface area contributed by atoms with Crippen LogP contribution in [-0.2, 0) is 26.3 Å². The van der Waals surface area contributed by atoms with Crippen molar-refractivity contribution < 1.29 is 22.8 Å². The maximum absolute atomic E-state index is 14.3. The monoisotopic (exact) mass is 643 g/mol. The summed E-state index contributed by atoms with van der Waals surface area (Å²) in [6, 6.07) is 13.8. The number of hydrogen-bond acceptors (Lipinski definition) is 5. The second-order valence-electron chi connectivity index (χ2n) is 13.0. The van der Waals surface area contributed by atoms with Crippen LogP contribution in [0.2, 0.25) is 0 Å². The fourth-order valence-electron chi connectivity index (χ4n) is 8.02. The van der Waals surface area contributed by atoms with Crippen LogP contribution in [0.4, 0.5) is 0 Å². The molecule has 0 radical (unpaired) electrons. The molecule has 242 valence electrons. The maximum Gasteiger partial charge on any atom is 0.301 e. The van der Waals surface area contributed by atoms with Crippen LogP contribution < -0.4 is 9.44 Å². The van der Waals surface area contributed by atoms with Gasteiger partial charge < -0.3 is 14.4 Å². The van der Waals surface area contributed by atoms with Crippen molar-refractivity contribution in [1.29, 1.82) is 0 Å². The predicted octanol–water partition coefficient (Wildman–Crippen LogP) is 4.56. The zero-order chi connectivity index (χ0) is 32.0. The Balaban J connectivity index is 1.29. The molecule has 10 nitrogen and oxygen atoms in total. The van der Waals surface area contributed by atoms with E-state index < -0.39 is 16.1 Å². The number of benzene rings is 2. The third-order valence-electron chi connectivity index (χ3n) is 10.3. The Morgan fingerprint density at radius 1 is 0.913 bits per heavy atom. The summed E-state index contributed by atoms with van der Waals surface area (Å²) < 4.78 is 30.7. The van der Waals surface area contributed by atoms with Gasteiger partial charge in [-0.25, -0.2) is 9.44 Å². The standard InChI is InChI=1S/C35H41N5O5S/c1-36-46(44,45)37-34(42)25-13-14-29-30(21-25)40-22-26(35(43)38-18-15-27(16-19-38)39-17-7-12-31(39)41)20-24-10-5-6-11-28(24)33(40)32(29)23-8-3-2-4-9-23/h5-6,10-11,13-14,20-21,23,27,36H,2-4,7-9,12,15-19,22H2,1H3,(H,37,42). The van der Waals surface area contributed by atoms with Gasteiger partial charge in [-0.15, -0.1) is 0 Å². The number of hydrogen-bond donors (Lipinski definition) is 2. The molecular formula is C35H41N5O5S. The van der Waals surface area contributed by atoms with Crippen molar-refractivity contribution >= 4 is 44.9 Å². The first kappa shape index (κ1) is 30.7. The maximum atomic E-state index is 14.3. The minimum absolute atomic E-state index is 0.0103. The van der Waals surface area contributed by atoms with Gasteiger partial charge in [0.05, 0.1) is 12.2 Å². The number of carbonyl (C=O) groups excluding carboxylic acids is 3. The van der Waals surface area contributed by atoms with Crippen LogP contribution in [0.1, 0.15) is 85.2 Å².